The molecule has 0 aromatic heterocycles. The molecule has 2 aliphatic rings. The molecule has 2 N–H and O–H groups in total. The van der Waals surface area contributed by atoms with E-state index in [4.69, 9.17) is 15.2 Å². The fraction of sp³-hybridized carbons (Fsp3) is 0.579. The van der Waals surface area contributed by atoms with Crippen LogP contribution in [0.5, 0.6) is 0 Å². The van der Waals surface area contributed by atoms with Gasteiger partial charge in [-0.1, -0.05) is 6.07 Å². The first kappa shape index (κ1) is 22.4. The number of esters is 1. The standard InChI is InChI=1S/C19H21F5N2O4/c1-10(27)30-9-18(25)4-12(5-18)17(28)26-6-13(7-26)29-8-11-2-3-14(19(22,23)24)16(21)15(11)20/h2-3,12-13H,4-9,25H2,1H3/t12-,18+. The second-order valence-electron chi connectivity index (χ2n) is 7.82. The van der Waals surface area contributed by atoms with Crippen LogP contribution < -0.4 is 5.73 Å². The van der Waals surface area contributed by atoms with Gasteiger partial charge in [0.15, 0.2) is 11.6 Å². The Bertz CT molecular complexity index is 833. The molecule has 1 heterocycles. The predicted molar refractivity (Wildman–Crippen MR) is 92.8 cm³/mol. The lowest BCUT2D eigenvalue weighted by Gasteiger charge is -2.48. The highest BCUT2D eigenvalue weighted by Crippen LogP contribution is 2.38. The van der Waals surface area contributed by atoms with Gasteiger partial charge in [-0.05, 0) is 18.9 Å². The summed E-state index contributed by atoms with van der Waals surface area (Å²) in [6.45, 7) is 1.39. The molecule has 1 saturated carbocycles. The van der Waals surface area contributed by atoms with Gasteiger partial charge in [0.1, 0.15) is 6.61 Å². The Labute approximate surface area is 169 Å². The number of nitrogens with zero attached hydrogens (tertiary/aromatic N) is 1. The first-order chi connectivity index (χ1) is 13.9. The van der Waals surface area contributed by atoms with E-state index >= 15 is 0 Å². The van der Waals surface area contributed by atoms with Gasteiger partial charge in [-0.3, -0.25) is 9.59 Å². The summed E-state index contributed by atoms with van der Waals surface area (Å²) in [7, 11) is 0. The van der Waals surface area contributed by atoms with E-state index in [1.54, 1.807) is 0 Å². The lowest BCUT2D eigenvalue weighted by molar-refractivity contribution is -0.157. The van der Waals surface area contributed by atoms with Gasteiger partial charge in [-0.2, -0.15) is 13.2 Å². The Morgan fingerprint density at radius 2 is 1.83 bits per heavy atom. The predicted octanol–water partition coefficient (Wildman–Crippen LogP) is 2.38. The minimum Gasteiger partial charge on any atom is -0.464 e. The van der Waals surface area contributed by atoms with Crippen LogP contribution in [0.2, 0.25) is 0 Å². The average molecular weight is 436 g/mol. The molecule has 166 valence electrons. The largest absolute Gasteiger partial charge is 0.464 e. The van der Waals surface area contributed by atoms with E-state index in [1.807, 2.05) is 0 Å². The lowest BCUT2D eigenvalue weighted by Crippen LogP contribution is -2.63. The normalized spacial score (nSPS) is 24.2. The molecule has 0 spiro atoms. The molecule has 1 aliphatic heterocycles. The van der Waals surface area contributed by atoms with Crippen LogP contribution >= 0.6 is 0 Å². The number of alkyl halides is 3. The van der Waals surface area contributed by atoms with Crippen LogP contribution in [0.1, 0.15) is 30.9 Å². The molecular weight excluding hydrogens is 415 g/mol. The van der Waals surface area contributed by atoms with Crippen molar-refractivity contribution in [1.82, 2.24) is 4.90 Å². The van der Waals surface area contributed by atoms with Crippen molar-refractivity contribution in [3.05, 3.63) is 34.9 Å². The number of hydrogen-bond acceptors (Lipinski definition) is 5. The van der Waals surface area contributed by atoms with E-state index in [0.717, 1.165) is 6.07 Å². The van der Waals surface area contributed by atoms with Gasteiger partial charge in [0.25, 0.3) is 0 Å². The van der Waals surface area contributed by atoms with Crippen molar-refractivity contribution in [3.8, 4) is 0 Å². The smallest absolute Gasteiger partial charge is 0.419 e. The average Bonchev–Trinajstić information content (AvgIpc) is 2.58. The Hall–Kier alpha value is -2.27. The van der Waals surface area contributed by atoms with Crippen molar-refractivity contribution in [2.45, 2.75) is 44.2 Å². The lowest BCUT2D eigenvalue weighted by atomic mass is 9.68. The molecule has 1 amide bonds. The second kappa shape index (κ2) is 8.10. The number of likely N-dealkylation sites (tertiary alicyclic amines) is 1. The fourth-order valence-electron chi connectivity index (χ4n) is 3.57. The van der Waals surface area contributed by atoms with Crippen LogP contribution in [0.25, 0.3) is 0 Å². The molecule has 0 unspecified atom stereocenters. The molecule has 0 atom stereocenters. The highest BCUT2D eigenvalue weighted by Gasteiger charge is 2.48. The molecule has 1 aromatic rings. The van der Waals surface area contributed by atoms with Crippen LogP contribution in [0.15, 0.2) is 12.1 Å². The van der Waals surface area contributed by atoms with Crippen molar-refractivity contribution < 1.29 is 41.0 Å². The molecule has 2 fully saturated rings. The summed E-state index contributed by atoms with van der Waals surface area (Å²) < 4.78 is 75.4. The fourth-order valence-corrected chi connectivity index (χ4v) is 3.57. The number of halogens is 5. The monoisotopic (exact) mass is 436 g/mol. The molecule has 3 rings (SSSR count). The molecule has 1 aliphatic carbocycles. The molecule has 0 radical (unpaired) electrons. The summed E-state index contributed by atoms with van der Waals surface area (Å²) in [5.74, 6) is -4.41. The van der Waals surface area contributed by atoms with Gasteiger partial charge >= 0.3 is 12.1 Å². The van der Waals surface area contributed by atoms with E-state index < -0.39 is 47.6 Å². The Balaban J connectivity index is 1.43. The number of nitrogens with two attached hydrogens (primary N) is 1. The first-order valence-electron chi connectivity index (χ1n) is 9.26. The summed E-state index contributed by atoms with van der Waals surface area (Å²) in [5, 5.41) is 0. The maximum atomic E-state index is 13.9. The van der Waals surface area contributed by atoms with Gasteiger partial charge in [0, 0.05) is 31.5 Å². The molecule has 30 heavy (non-hydrogen) atoms. The Morgan fingerprint density at radius 3 is 2.40 bits per heavy atom. The van der Waals surface area contributed by atoms with Crippen LogP contribution in [0, 0.1) is 17.6 Å². The SMILES string of the molecule is CC(=O)OC[C@]1(N)C[C@@H](C(=O)N2CC(OCc3ccc(C(F)(F)F)c(F)c3F)C2)C1. The summed E-state index contributed by atoms with van der Waals surface area (Å²) in [6.07, 6.45) is -4.64. The maximum absolute atomic E-state index is 13.9. The number of benzene rings is 1. The molecule has 1 saturated heterocycles. The van der Waals surface area contributed by atoms with Gasteiger partial charge in [-0.15, -0.1) is 0 Å². The van der Waals surface area contributed by atoms with Gasteiger partial charge in [0.05, 0.1) is 23.8 Å². The zero-order valence-electron chi connectivity index (χ0n) is 16.1. The highest BCUT2D eigenvalue weighted by atomic mass is 19.4. The van der Waals surface area contributed by atoms with E-state index in [0.29, 0.717) is 18.9 Å². The number of hydrogen-bond donors (Lipinski definition) is 1. The van der Waals surface area contributed by atoms with Crippen molar-refractivity contribution in [2.75, 3.05) is 19.7 Å². The first-order valence-corrected chi connectivity index (χ1v) is 9.26. The van der Waals surface area contributed by atoms with Crippen LogP contribution in [0.3, 0.4) is 0 Å². The minimum atomic E-state index is -4.99. The van der Waals surface area contributed by atoms with Crippen molar-refractivity contribution in [1.29, 1.82) is 0 Å². The van der Waals surface area contributed by atoms with Crippen molar-refractivity contribution >= 4 is 11.9 Å². The van der Waals surface area contributed by atoms with Crippen LogP contribution in [-0.2, 0) is 31.8 Å². The quantitative estimate of drug-likeness (QED) is 0.547. The molecule has 6 nitrogen and oxygen atoms in total. The van der Waals surface area contributed by atoms with Crippen LogP contribution in [0.4, 0.5) is 22.0 Å². The van der Waals surface area contributed by atoms with Gasteiger partial charge in [0.2, 0.25) is 5.91 Å². The highest BCUT2D eigenvalue weighted by molar-refractivity contribution is 5.81. The Kier molecular flexibility index (Phi) is 6.06. The summed E-state index contributed by atoms with van der Waals surface area (Å²) >= 11 is 0. The number of amides is 1. The second-order valence-corrected chi connectivity index (χ2v) is 7.82. The summed E-state index contributed by atoms with van der Waals surface area (Å²) in [6, 6.07) is 1.31. The minimum absolute atomic E-state index is 0.0487. The van der Waals surface area contributed by atoms with Gasteiger partial charge < -0.3 is 20.1 Å². The van der Waals surface area contributed by atoms with Gasteiger partial charge in [-0.25, -0.2) is 8.78 Å². The van der Waals surface area contributed by atoms with Crippen LogP contribution in [-0.4, -0.2) is 48.1 Å². The van der Waals surface area contributed by atoms with E-state index in [9.17, 15) is 31.5 Å². The van der Waals surface area contributed by atoms with E-state index in [1.165, 1.54) is 11.8 Å². The zero-order chi connectivity index (χ0) is 22.3. The number of rotatable bonds is 6. The number of ether oxygens (including phenoxy) is 2. The van der Waals surface area contributed by atoms with E-state index in [2.05, 4.69) is 0 Å². The van der Waals surface area contributed by atoms with E-state index in [-0.39, 0.29) is 37.1 Å². The topological polar surface area (TPSA) is 81.9 Å². The summed E-state index contributed by atoms with van der Waals surface area (Å²) in [4.78, 5) is 24.8. The third-order valence-corrected chi connectivity index (χ3v) is 5.32. The Morgan fingerprint density at radius 1 is 1.20 bits per heavy atom. The van der Waals surface area contributed by atoms with Crippen molar-refractivity contribution in [2.24, 2.45) is 11.7 Å². The zero-order valence-corrected chi connectivity index (χ0v) is 16.1. The molecular formula is C19H21F5N2O4. The summed E-state index contributed by atoms with van der Waals surface area (Å²) in [5.41, 5.74) is 3.32. The maximum Gasteiger partial charge on any atom is 0.419 e. The molecule has 1 aromatic carbocycles. The molecule has 11 heteroatoms. The van der Waals surface area contributed by atoms with Crippen molar-refractivity contribution in [3.63, 3.8) is 0 Å². The third-order valence-electron chi connectivity index (χ3n) is 5.32. The molecule has 0 bridgehead atoms. The number of carbonyl (C=O) groups is 2. The third kappa shape index (κ3) is 4.72. The number of carbonyl (C=O) groups excluding carboxylic acids is 2.